The minimum atomic E-state index is -0.826. The second-order valence-electron chi connectivity index (χ2n) is 10.6. The number of para-hydroxylation sites is 1. The normalized spacial score (nSPS) is 14.9. The van der Waals surface area contributed by atoms with Crippen LogP contribution in [0.4, 0.5) is 11.8 Å². The van der Waals surface area contributed by atoms with Crippen LogP contribution in [0.2, 0.25) is 5.02 Å². The maximum atomic E-state index is 13.3. The highest BCUT2D eigenvalue weighted by Gasteiger charge is 2.29. The summed E-state index contributed by atoms with van der Waals surface area (Å²) in [6, 6.07) is 8.49. The van der Waals surface area contributed by atoms with Crippen molar-refractivity contribution >= 4 is 57.6 Å². The Kier molecular flexibility index (Phi) is 7.03. The number of rotatable bonds is 5. The summed E-state index contributed by atoms with van der Waals surface area (Å²) in [6.07, 6.45) is 4.66. The van der Waals surface area contributed by atoms with Gasteiger partial charge in [0.1, 0.15) is 17.6 Å². The number of piperidine rings is 1. The zero-order chi connectivity index (χ0) is 29.8. The Morgan fingerprint density at radius 2 is 1.93 bits per heavy atom. The zero-order valence-electron chi connectivity index (χ0n) is 23.1. The molecule has 42 heavy (non-hydrogen) atoms. The Balaban J connectivity index is 1.31. The largest absolute Gasteiger partial charge is 0.506 e. The van der Waals surface area contributed by atoms with Gasteiger partial charge in [0.15, 0.2) is 11.5 Å². The SMILES string of the molecule is Cc1nc(N2CCC(C)(N)CC2)n2ncnc2c1Sc1ccnc(NC(=O)c2c(O)c3ccccc3n(C)c2=O)c1Cl. The second kappa shape index (κ2) is 10.6. The number of hydrogen-bond acceptors (Lipinski definition) is 10. The van der Waals surface area contributed by atoms with Gasteiger partial charge in [-0.2, -0.15) is 9.61 Å². The first-order valence-electron chi connectivity index (χ1n) is 13.2. The summed E-state index contributed by atoms with van der Waals surface area (Å²) in [5, 5.41) is 18.4. The third-order valence-corrected chi connectivity index (χ3v) is 9.26. The molecular weight excluding hydrogens is 578 g/mol. The Morgan fingerprint density at radius 1 is 1.19 bits per heavy atom. The quantitative estimate of drug-likeness (QED) is 0.269. The van der Waals surface area contributed by atoms with Crippen LogP contribution < -0.4 is 21.5 Å². The predicted octanol–water partition coefficient (Wildman–Crippen LogP) is 3.76. The van der Waals surface area contributed by atoms with Crippen LogP contribution in [0.3, 0.4) is 0 Å². The van der Waals surface area contributed by atoms with Crippen LogP contribution in [-0.4, -0.2) is 58.8 Å². The van der Waals surface area contributed by atoms with Gasteiger partial charge in [-0.3, -0.25) is 9.59 Å². The lowest BCUT2D eigenvalue weighted by atomic mass is 9.91. The molecule has 216 valence electrons. The summed E-state index contributed by atoms with van der Waals surface area (Å²) in [5.41, 5.74) is 6.93. The molecule has 1 fully saturated rings. The first-order valence-corrected chi connectivity index (χ1v) is 14.4. The van der Waals surface area contributed by atoms with Crippen LogP contribution in [0.15, 0.2) is 57.4 Å². The molecular formula is C28H28ClN9O3S. The lowest BCUT2D eigenvalue weighted by Gasteiger charge is -2.37. The monoisotopic (exact) mass is 605 g/mol. The number of aryl methyl sites for hydroxylation is 2. The number of halogens is 1. The minimum Gasteiger partial charge on any atom is -0.506 e. The van der Waals surface area contributed by atoms with E-state index in [9.17, 15) is 14.7 Å². The van der Waals surface area contributed by atoms with Gasteiger partial charge in [0.2, 0.25) is 5.95 Å². The van der Waals surface area contributed by atoms with Gasteiger partial charge >= 0.3 is 0 Å². The molecule has 6 rings (SSSR count). The van der Waals surface area contributed by atoms with Crippen molar-refractivity contribution in [1.29, 1.82) is 0 Å². The maximum absolute atomic E-state index is 13.3. The molecule has 1 amide bonds. The molecule has 0 atom stereocenters. The average molecular weight is 606 g/mol. The minimum absolute atomic E-state index is 0.0409. The molecule has 12 nitrogen and oxygen atoms in total. The van der Waals surface area contributed by atoms with Gasteiger partial charge < -0.3 is 25.6 Å². The van der Waals surface area contributed by atoms with E-state index < -0.39 is 22.8 Å². The fraction of sp³-hybridized carbons (Fsp3) is 0.286. The number of nitrogens with two attached hydrogens (primary N) is 1. The van der Waals surface area contributed by atoms with Crippen molar-refractivity contribution in [3.05, 3.63) is 69.5 Å². The van der Waals surface area contributed by atoms with Crippen LogP contribution in [0, 0.1) is 6.92 Å². The van der Waals surface area contributed by atoms with Gasteiger partial charge in [-0.1, -0.05) is 35.5 Å². The van der Waals surface area contributed by atoms with Gasteiger partial charge in [0.05, 0.1) is 21.1 Å². The molecule has 5 heterocycles. The van der Waals surface area contributed by atoms with Gasteiger partial charge in [0.25, 0.3) is 11.5 Å². The standard InChI is InChI=1S/C28H28ClN9O3S/c1-15-22(24-32-14-33-38(24)27(34-15)37-12-9-28(2,30)10-13-37)42-18-8-11-31-23(20(18)29)35-25(40)19-21(39)16-6-4-5-7-17(16)36(3)26(19)41/h4-8,11,14,39H,9-10,12-13,30H2,1-3H3,(H,31,35,40). The van der Waals surface area contributed by atoms with E-state index in [2.05, 4.69) is 32.2 Å². The smallest absolute Gasteiger partial charge is 0.267 e. The van der Waals surface area contributed by atoms with Gasteiger partial charge in [-0.15, -0.1) is 0 Å². The average Bonchev–Trinajstić information content (AvgIpc) is 3.45. The van der Waals surface area contributed by atoms with Gasteiger partial charge in [-0.05, 0) is 44.9 Å². The third kappa shape index (κ3) is 4.82. The number of carbonyl (C=O) groups is 1. The molecule has 1 aliphatic rings. The number of nitrogens with zero attached hydrogens (tertiary/aromatic N) is 7. The van der Waals surface area contributed by atoms with Gasteiger partial charge in [0, 0.05) is 42.2 Å². The Hall–Kier alpha value is -4.20. The van der Waals surface area contributed by atoms with Crippen molar-refractivity contribution in [3.8, 4) is 5.75 Å². The first kappa shape index (κ1) is 27.9. The van der Waals surface area contributed by atoms with Crippen molar-refractivity contribution in [1.82, 2.24) is 29.1 Å². The van der Waals surface area contributed by atoms with E-state index in [1.54, 1.807) is 34.8 Å². The number of amides is 1. The summed E-state index contributed by atoms with van der Waals surface area (Å²) in [5.74, 6) is -0.495. The first-order chi connectivity index (χ1) is 20.1. The maximum Gasteiger partial charge on any atom is 0.267 e. The molecule has 4 aromatic heterocycles. The molecule has 5 aromatic rings. The molecule has 0 bridgehead atoms. The van der Waals surface area contributed by atoms with E-state index in [4.69, 9.17) is 22.3 Å². The highest BCUT2D eigenvalue weighted by Crippen LogP contribution is 2.40. The summed E-state index contributed by atoms with van der Waals surface area (Å²) in [6.45, 7) is 5.48. The van der Waals surface area contributed by atoms with E-state index in [0.717, 1.165) is 36.5 Å². The van der Waals surface area contributed by atoms with Crippen LogP contribution in [0.1, 0.15) is 35.8 Å². The number of hydrogen-bond donors (Lipinski definition) is 3. The highest BCUT2D eigenvalue weighted by molar-refractivity contribution is 7.99. The lowest BCUT2D eigenvalue weighted by Crippen LogP contribution is -2.49. The number of aromatic hydroxyl groups is 1. The molecule has 0 aliphatic carbocycles. The molecule has 0 radical (unpaired) electrons. The number of aromatic nitrogens is 6. The lowest BCUT2D eigenvalue weighted by molar-refractivity contribution is 0.102. The van der Waals surface area contributed by atoms with Gasteiger partial charge in [-0.25, -0.2) is 15.0 Å². The fourth-order valence-electron chi connectivity index (χ4n) is 5.05. The summed E-state index contributed by atoms with van der Waals surface area (Å²) >= 11 is 8.04. The molecule has 1 aromatic carbocycles. The number of carbonyl (C=O) groups excluding carboxylic acids is 1. The van der Waals surface area contributed by atoms with E-state index in [0.29, 0.717) is 27.4 Å². The molecule has 14 heteroatoms. The molecule has 0 saturated carbocycles. The number of pyridine rings is 2. The van der Waals surface area contributed by atoms with Crippen LogP contribution in [0.25, 0.3) is 16.6 Å². The highest BCUT2D eigenvalue weighted by atomic mass is 35.5. The summed E-state index contributed by atoms with van der Waals surface area (Å²) in [4.78, 5) is 43.3. The molecule has 1 saturated heterocycles. The number of benzene rings is 1. The fourth-order valence-corrected chi connectivity index (χ4v) is 6.28. The number of anilines is 2. The number of nitrogens with one attached hydrogen (secondary N) is 1. The van der Waals surface area contributed by atoms with Crippen molar-refractivity contribution in [2.45, 2.75) is 42.0 Å². The van der Waals surface area contributed by atoms with Crippen molar-refractivity contribution < 1.29 is 9.90 Å². The molecule has 1 aliphatic heterocycles. The molecule has 0 unspecified atom stereocenters. The van der Waals surface area contributed by atoms with E-state index in [1.165, 1.54) is 35.9 Å². The van der Waals surface area contributed by atoms with E-state index in [1.807, 2.05) is 6.92 Å². The molecule has 0 spiro atoms. The topological polar surface area (TPSA) is 157 Å². The van der Waals surface area contributed by atoms with E-state index in [-0.39, 0.29) is 16.4 Å². The second-order valence-corrected chi connectivity index (χ2v) is 12.0. The Bertz CT molecular complexity index is 1930. The predicted molar refractivity (Wildman–Crippen MR) is 162 cm³/mol. The summed E-state index contributed by atoms with van der Waals surface area (Å²) < 4.78 is 3.03. The molecule has 4 N–H and O–H groups in total. The van der Waals surface area contributed by atoms with Crippen molar-refractivity contribution in [3.63, 3.8) is 0 Å². The number of fused-ring (bicyclic) bond motifs is 2. The van der Waals surface area contributed by atoms with Crippen LogP contribution in [0.5, 0.6) is 5.75 Å². The Labute approximate surface area is 249 Å². The van der Waals surface area contributed by atoms with E-state index >= 15 is 0 Å². The van der Waals surface area contributed by atoms with Crippen LogP contribution in [-0.2, 0) is 7.05 Å². The zero-order valence-corrected chi connectivity index (χ0v) is 24.7. The summed E-state index contributed by atoms with van der Waals surface area (Å²) in [7, 11) is 1.54. The van der Waals surface area contributed by atoms with Crippen molar-refractivity contribution in [2.24, 2.45) is 12.8 Å². The van der Waals surface area contributed by atoms with Crippen LogP contribution >= 0.6 is 23.4 Å². The third-order valence-electron chi connectivity index (χ3n) is 7.53. The van der Waals surface area contributed by atoms with Crippen molar-refractivity contribution in [2.75, 3.05) is 23.3 Å². The Morgan fingerprint density at radius 3 is 2.69 bits per heavy atom.